The summed E-state index contributed by atoms with van der Waals surface area (Å²) in [6.07, 6.45) is 0. The molecule has 1 heterocycles. The maximum atomic E-state index is 12.2. The third-order valence-electron chi connectivity index (χ3n) is 3.66. The van der Waals surface area contributed by atoms with Gasteiger partial charge in [-0.15, -0.1) is 0 Å². The molecule has 1 unspecified atom stereocenters. The van der Waals surface area contributed by atoms with E-state index in [1.54, 1.807) is 7.11 Å². The largest absolute Gasteiger partial charge is 0.369 e. The minimum absolute atomic E-state index is 0.0801. The highest BCUT2D eigenvalue weighted by molar-refractivity contribution is 5.84. The minimum atomic E-state index is -0.716. The SMILES string of the molecule is COC(C)(C)C(=O)N1CCN(CC(C)CN)CC1. The van der Waals surface area contributed by atoms with Crippen LogP contribution in [0.1, 0.15) is 20.8 Å². The standard InChI is InChI=1S/C13H27N3O2/c1-11(9-14)10-15-5-7-16(8-6-15)12(17)13(2,3)18-4/h11H,5-10,14H2,1-4H3. The Hall–Kier alpha value is -0.650. The van der Waals surface area contributed by atoms with Crippen molar-refractivity contribution in [2.75, 3.05) is 46.4 Å². The Labute approximate surface area is 110 Å². The molecule has 0 aromatic heterocycles. The van der Waals surface area contributed by atoms with Crippen LogP contribution in [0.5, 0.6) is 0 Å². The second-order valence-corrected chi connectivity index (χ2v) is 5.65. The van der Waals surface area contributed by atoms with Crippen molar-refractivity contribution >= 4 is 5.91 Å². The van der Waals surface area contributed by atoms with Gasteiger partial charge in [-0.25, -0.2) is 0 Å². The van der Waals surface area contributed by atoms with E-state index in [2.05, 4.69) is 11.8 Å². The molecule has 0 saturated carbocycles. The lowest BCUT2D eigenvalue weighted by Gasteiger charge is -2.38. The smallest absolute Gasteiger partial charge is 0.254 e. The molecule has 0 aliphatic carbocycles. The Morgan fingerprint density at radius 1 is 1.33 bits per heavy atom. The van der Waals surface area contributed by atoms with Gasteiger partial charge in [0.25, 0.3) is 5.91 Å². The lowest BCUT2D eigenvalue weighted by molar-refractivity contribution is -0.152. The number of ether oxygens (including phenoxy) is 1. The van der Waals surface area contributed by atoms with Gasteiger partial charge in [0.15, 0.2) is 0 Å². The molecule has 2 N–H and O–H groups in total. The first-order valence-corrected chi connectivity index (χ1v) is 6.67. The molecular weight excluding hydrogens is 230 g/mol. The molecule has 0 radical (unpaired) electrons. The zero-order chi connectivity index (χ0) is 13.8. The van der Waals surface area contributed by atoms with E-state index in [9.17, 15) is 4.79 Å². The van der Waals surface area contributed by atoms with Gasteiger partial charge in [-0.05, 0) is 26.3 Å². The molecule has 1 rings (SSSR count). The number of carbonyl (C=O) groups is 1. The van der Waals surface area contributed by atoms with E-state index in [1.165, 1.54) is 0 Å². The number of hydrogen-bond acceptors (Lipinski definition) is 4. The van der Waals surface area contributed by atoms with E-state index < -0.39 is 5.60 Å². The second kappa shape index (κ2) is 6.50. The monoisotopic (exact) mass is 257 g/mol. The maximum absolute atomic E-state index is 12.2. The number of methoxy groups -OCH3 is 1. The van der Waals surface area contributed by atoms with E-state index in [-0.39, 0.29) is 5.91 Å². The van der Waals surface area contributed by atoms with Gasteiger partial charge in [0.2, 0.25) is 0 Å². The highest BCUT2D eigenvalue weighted by Gasteiger charge is 2.33. The summed E-state index contributed by atoms with van der Waals surface area (Å²) < 4.78 is 5.24. The van der Waals surface area contributed by atoms with Crippen molar-refractivity contribution in [2.45, 2.75) is 26.4 Å². The molecule has 0 spiro atoms. The van der Waals surface area contributed by atoms with Gasteiger partial charge in [0.1, 0.15) is 5.60 Å². The second-order valence-electron chi connectivity index (χ2n) is 5.65. The molecule has 0 bridgehead atoms. The summed E-state index contributed by atoms with van der Waals surface area (Å²) in [5.74, 6) is 0.596. The summed E-state index contributed by atoms with van der Waals surface area (Å²) >= 11 is 0. The van der Waals surface area contributed by atoms with Gasteiger partial charge in [-0.1, -0.05) is 6.92 Å². The van der Waals surface area contributed by atoms with Crippen LogP contribution in [0.4, 0.5) is 0 Å². The Morgan fingerprint density at radius 2 is 1.89 bits per heavy atom. The average molecular weight is 257 g/mol. The van der Waals surface area contributed by atoms with Gasteiger partial charge in [-0.2, -0.15) is 0 Å². The molecule has 5 nitrogen and oxygen atoms in total. The van der Waals surface area contributed by atoms with Crippen LogP contribution in [0, 0.1) is 5.92 Å². The zero-order valence-corrected chi connectivity index (χ0v) is 12.1. The van der Waals surface area contributed by atoms with Crippen molar-refractivity contribution in [1.29, 1.82) is 0 Å². The molecule has 1 atom stereocenters. The van der Waals surface area contributed by atoms with E-state index in [0.29, 0.717) is 5.92 Å². The van der Waals surface area contributed by atoms with E-state index >= 15 is 0 Å². The lowest BCUT2D eigenvalue weighted by atomic mass is 10.1. The molecule has 0 aromatic carbocycles. The van der Waals surface area contributed by atoms with Crippen molar-refractivity contribution in [1.82, 2.24) is 9.80 Å². The fourth-order valence-electron chi connectivity index (χ4n) is 2.12. The van der Waals surface area contributed by atoms with Crippen LogP contribution in [0.3, 0.4) is 0 Å². The number of rotatable bonds is 5. The molecule has 1 fully saturated rings. The Kier molecular flexibility index (Phi) is 5.56. The number of carbonyl (C=O) groups excluding carboxylic acids is 1. The van der Waals surface area contributed by atoms with Gasteiger partial charge in [0, 0.05) is 39.8 Å². The van der Waals surface area contributed by atoms with Crippen LogP contribution in [-0.4, -0.2) is 67.7 Å². The van der Waals surface area contributed by atoms with Crippen LogP contribution in [0.2, 0.25) is 0 Å². The minimum Gasteiger partial charge on any atom is -0.369 e. The number of hydrogen-bond donors (Lipinski definition) is 1. The first kappa shape index (κ1) is 15.4. The first-order chi connectivity index (χ1) is 8.40. The number of nitrogens with two attached hydrogens (primary N) is 1. The molecule has 106 valence electrons. The third kappa shape index (κ3) is 3.93. The average Bonchev–Trinajstić information content (AvgIpc) is 2.38. The number of amides is 1. The topological polar surface area (TPSA) is 58.8 Å². The van der Waals surface area contributed by atoms with Crippen molar-refractivity contribution in [2.24, 2.45) is 11.7 Å². The van der Waals surface area contributed by atoms with Crippen molar-refractivity contribution in [3.05, 3.63) is 0 Å². The van der Waals surface area contributed by atoms with E-state index in [4.69, 9.17) is 10.5 Å². The quantitative estimate of drug-likeness (QED) is 0.762. The van der Waals surface area contributed by atoms with Crippen LogP contribution < -0.4 is 5.73 Å². The number of nitrogens with zero attached hydrogens (tertiary/aromatic N) is 2. The van der Waals surface area contributed by atoms with E-state index in [0.717, 1.165) is 39.3 Å². The zero-order valence-electron chi connectivity index (χ0n) is 12.1. The lowest BCUT2D eigenvalue weighted by Crippen LogP contribution is -2.55. The van der Waals surface area contributed by atoms with Gasteiger partial charge in [-0.3, -0.25) is 9.69 Å². The molecule has 1 aliphatic heterocycles. The maximum Gasteiger partial charge on any atom is 0.254 e. The number of piperazine rings is 1. The Balaban J connectivity index is 2.42. The summed E-state index contributed by atoms with van der Waals surface area (Å²) in [6, 6.07) is 0. The molecular formula is C13H27N3O2. The van der Waals surface area contributed by atoms with Crippen molar-refractivity contribution in [3.8, 4) is 0 Å². The van der Waals surface area contributed by atoms with Crippen LogP contribution >= 0.6 is 0 Å². The summed E-state index contributed by atoms with van der Waals surface area (Å²) in [4.78, 5) is 16.5. The Bertz CT molecular complexity index is 273. The van der Waals surface area contributed by atoms with Gasteiger partial charge in [0.05, 0.1) is 0 Å². The Morgan fingerprint density at radius 3 is 2.33 bits per heavy atom. The third-order valence-corrected chi connectivity index (χ3v) is 3.66. The molecule has 1 saturated heterocycles. The predicted molar refractivity (Wildman–Crippen MR) is 72.3 cm³/mol. The van der Waals surface area contributed by atoms with Crippen molar-refractivity contribution in [3.63, 3.8) is 0 Å². The molecule has 18 heavy (non-hydrogen) atoms. The van der Waals surface area contributed by atoms with E-state index in [1.807, 2.05) is 18.7 Å². The molecule has 1 aliphatic rings. The summed E-state index contributed by atoms with van der Waals surface area (Å²) in [6.45, 7) is 10.9. The molecule has 1 amide bonds. The van der Waals surface area contributed by atoms with Crippen LogP contribution in [0.25, 0.3) is 0 Å². The fraction of sp³-hybridized carbons (Fsp3) is 0.923. The van der Waals surface area contributed by atoms with Crippen molar-refractivity contribution < 1.29 is 9.53 Å². The summed E-state index contributed by atoms with van der Waals surface area (Å²) in [5.41, 5.74) is 4.92. The molecule has 5 heteroatoms. The van der Waals surface area contributed by atoms with Crippen LogP contribution in [-0.2, 0) is 9.53 Å². The van der Waals surface area contributed by atoms with Crippen LogP contribution in [0.15, 0.2) is 0 Å². The summed E-state index contributed by atoms with van der Waals surface area (Å²) in [5, 5.41) is 0. The summed E-state index contributed by atoms with van der Waals surface area (Å²) in [7, 11) is 1.58. The first-order valence-electron chi connectivity index (χ1n) is 6.67. The highest BCUT2D eigenvalue weighted by Crippen LogP contribution is 2.14. The fourth-order valence-corrected chi connectivity index (χ4v) is 2.12. The normalized spacial score (nSPS) is 19.9. The molecule has 0 aromatic rings. The predicted octanol–water partition coefficient (Wildman–Crippen LogP) is 0.150. The highest BCUT2D eigenvalue weighted by atomic mass is 16.5. The van der Waals surface area contributed by atoms with Gasteiger partial charge < -0.3 is 15.4 Å². The van der Waals surface area contributed by atoms with Gasteiger partial charge >= 0.3 is 0 Å².